The Hall–Kier alpha value is -2.00. The van der Waals surface area contributed by atoms with Gasteiger partial charge in [0.25, 0.3) is 0 Å². The molecule has 1 fully saturated rings. The first-order valence-corrected chi connectivity index (χ1v) is 9.95. The second-order valence-corrected chi connectivity index (χ2v) is 7.97. The molecule has 9 heteroatoms. The zero-order chi connectivity index (χ0) is 19.2. The van der Waals surface area contributed by atoms with Crippen LogP contribution in [0, 0.1) is 5.92 Å². The number of nitrogens with zero attached hydrogens (tertiary/aromatic N) is 2. The van der Waals surface area contributed by atoms with Gasteiger partial charge < -0.3 is 10.1 Å². The highest BCUT2D eigenvalue weighted by Gasteiger charge is 2.31. The van der Waals surface area contributed by atoms with Gasteiger partial charge in [-0.15, -0.1) is 0 Å². The van der Waals surface area contributed by atoms with Crippen LogP contribution < -0.4 is 10.1 Å². The predicted octanol–water partition coefficient (Wildman–Crippen LogP) is 1.87. The fourth-order valence-electron chi connectivity index (χ4n) is 2.69. The summed E-state index contributed by atoms with van der Waals surface area (Å²) in [5.41, 5.74) is 0.488. The second kappa shape index (κ2) is 9.09. The molecule has 1 aliphatic rings. The number of pyridine rings is 1. The minimum atomic E-state index is -3.66. The Morgan fingerprint density at radius 2 is 2.12 bits per heavy atom. The van der Waals surface area contributed by atoms with E-state index in [1.165, 1.54) is 22.6 Å². The van der Waals surface area contributed by atoms with Crippen molar-refractivity contribution >= 4 is 15.9 Å². The molecule has 0 bridgehead atoms. The maximum absolute atomic E-state index is 12.7. The van der Waals surface area contributed by atoms with Crippen LogP contribution in [0.25, 0.3) is 0 Å². The van der Waals surface area contributed by atoms with Gasteiger partial charge in [0.15, 0.2) is 0 Å². The zero-order valence-corrected chi connectivity index (χ0v) is 15.8. The number of ether oxygens (including phenoxy) is 1. The molecule has 0 aliphatic carbocycles. The first-order valence-electron chi connectivity index (χ1n) is 8.51. The van der Waals surface area contributed by atoms with Gasteiger partial charge in [0.1, 0.15) is 11.5 Å². The SMILES string of the molecule is CC/C(=C/F)COc1ccc(S(=O)(=O)N2CCC(C(=O)NC)CC2)cn1. The molecule has 0 saturated carbocycles. The van der Waals surface area contributed by atoms with Crippen molar-refractivity contribution in [3.05, 3.63) is 30.2 Å². The standard InChI is InChI=1S/C17H24FN3O4S/c1-3-13(10-18)12-25-16-5-4-15(11-20-16)26(23,24)21-8-6-14(7-9-21)17(22)19-2/h4-5,10-11,14H,3,6-9,12H2,1-2H3,(H,19,22)/b13-10-. The molecule has 0 spiro atoms. The smallest absolute Gasteiger partial charge is 0.244 e. The molecule has 144 valence electrons. The number of piperidine rings is 1. The van der Waals surface area contributed by atoms with E-state index in [2.05, 4.69) is 10.3 Å². The van der Waals surface area contributed by atoms with Gasteiger partial charge in [-0.3, -0.25) is 4.79 Å². The van der Waals surface area contributed by atoms with Gasteiger partial charge in [-0.2, -0.15) is 4.31 Å². The van der Waals surface area contributed by atoms with E-state index in [4.69, 9.17) is 4.74 Å². The number of rotatable bonds is 7. The Bertz CT molecular complexity index is 742. The van der Waals surface area contributed by atoms with Crippen molar-refractivity contribution in [1.82, 2.24) is 14.6 Å². The van der Waals surface area contributed by atoms with E-state index in [0.717, 1.165) is 0 Å². The van der Waals surface area contributed by atoms with Crippen molar-refractivity contribution < 1.29 is 22.3 Å². The van der Waals surface area contributed by atoms with Gasteiger partial charge in [0.2, 0.25) is 21.8 Å². The summed E-state index contributed by atoms with van der Waals surface area (Å²) >= 11 is 0. The largest absolute Gasteiger partial charge is 0.473 e. The van der Waals surface area contributed by atoms with Gasteiger partial charge in [-0.05, 0) is 30.9 Å². The lowest BCUT2D eigenvalue weighted by atomic mass is 9.97. The highest BCUT2D eigenvalue weighted by molar-refractivity contribution is 7.89. The second-order valence-electron chi connectivity index (χ2n) is 6.03. The van der Waals surface area contributed by atoms with Crippen LogP contribution in [-0.4, -0.2) is 50.4 Å². The maximum Gasteiger partial charge on any atom is 0.244 e. The molecule has 7 nitrogen and oxygen atoms in total. The molecule has 1 saturated heterocycles. The van der Waals surface area contributed by atoms with Crippen LogP contribution in [0.3, 0.4) is 0 Å². The maximum atomic E-state index is 12.7. The zero-order valence-electron chi connectivity index (χ0n) is 14.9. The van der Waals surface area contributed by atoms with Crippen LogP contribution in [0.2, 0.25) is 0 Å². The van der Waals surface area contributed by atoms with Gasteiger partial charge in [0.05, 0.1) is 12.5 Å². The first kappa shape index (κ1) is 20.3. The number of aromatic nitrogens is 1. The lowest BCUT2D eigenvalue weighted by Crippen LogP contribution is -2.42. The Morgan fingerprint density at radius 1 is 1.42 bits per heavy atom. The molecule has 26 heavy (non-hydrogen) atoms. The number of amides is 1. The van der Waals surface area contributed by atoms with E-state index < -0.39 is 10.0 Å². The van der Waals surface area contributed by atoms with Crippen LogP contribution in [0.1, 0.15) is 26.2 Å². The Balaban J connectivity index is 2.00. The number of carbonyl (C=O) groups is 1. The number of hydrogen-bond donors (Lipinski definition) is 1. The fourth-order valence-corrected chi connectivity index (χ4v) is 4.11. The normalized spacial score (nSPS) is 17.1. The van der Waals surface area contributed by atoms with E-state index in [0.29, 0.717) is 44.3 Å². The van der Waals surface area contributed by atoms with Gasteiger partial charge in [-0.1, -0.05) is 6.92 Å². The van der Waals surface area contributed by atoms with Crippen molar-refractivity contribution in [2.24, 2.45) is 5.92 Å². The summed E-state index contributed by atoms with van der Waals surface area (Å²) in [5, 5.41) is 2.60. The third kappa shape index (κ3) is 4.79. The quantitative estimate of drug-likeness (QED) is 0.774. The Morgan fingerprint density at radius 3 is 2.62 bits per heavy atom. The fraction of sp³-hybridized carbons (Fsp3) is 0.529. The number of halogens is 1. The van der Waals surface area contributed by atoms with E-state index in [9.17, 15) is 17.6 Å². The van der Waals surface area contributed by atoms with Crippen LogP contribution in [0.15, 0.2) is 35.1 Å². The van der Waals surface area contributed by atoms with Gasteiger partial charge in [-0.25, -0.2) is 17.8 Å². The number of nitrogens with one attached hydrogen (secondary N) is 1. The first-order chi connectivity index (χ1) is 12.4. The molecule has 0 aromatic carbocycles. The van der Waals surface area contributed by atoms with Crippen LogP contribution in [0.4, 0.5) is 4.39 Å². The van der Waals surface area contributed by atoms with Gasteiger partial charge in [0, 0.05) is 32.1 Å². The molecule has 0 unspecified atom stereocenters. The summed E-state index contributed by atoms with van der Waals surface area (Å²) in [7, 11) is -2.09. The molecule has 0 radical (unpaired) electrons. The summed E-state index contributed by atoms with van der Waals surface area (Å²) in [6.45, 7) is 2.46. The lowest BCUT2D eigenvalue weighted by molar-refractivity contribution is -0.125. The van der Waals surface area contributed by atoms with Gasteiger partial charge >= 0.3 is 0 Å². The summed E-state index contributed by atoms with van der Waals surface area (Å²) in [5.74, 6) is 0.0192. The minimum absolute atomic E-state index is 0.0565. The van der Waals surface area contributed by atoms with Crippen molar-refractivity contribution in [3.63, 3.8) is 0 Å². The summed E-state index contributed by atoms with van der Waals surface area (Å²) in [6, 6.07) is 2.88. The molecular weight excluding hydrogens is 361 g/mol. The number of sulfonamides is 1. The molecule has 2 heterocycles. The highest BCUT2D eigenvalue weighted by atomic mass is 32.2. The molecule has 0 atom stereocenters. The van der Waals surface area contributed by atoms with Crippen molar-refractivity contribution in [2.45, 2.75) is 31.1 Å². The molecular formula is C17H24FN3O4S. The topological polar surface area (TPSA) is 88.6 Å². The van der Waals surface area contributed by atoms with Crippen molar-refractivity contribution in [1.29, 1.82) is 0 Å². The molecule has 1 aliphatic heterocycles. The van der Waals surface area contributed by atoms with E-state index in [1.54, 1.807) is 7.05 Å². The van der Waals surface area contributed by atoms with Crippen LogP contribution in [0.5, 0.6) is 5.88 Å². The molecule has 1 aromatic rings. The van der Waals surface area contributed by atoms with E-state index in [1.807, 2.05) is 6.92 Å². The lowest BCUT2D eigenvalue weighted by Gasteiger charge is -2.30. The monoisotopic (exact) mass is 385 g/mol. The third-order valence-corrected chi connectivity index (χ3v) is 6.31. The average molecular weight is 385 g/mol. The molecule has 1 N–H and O–H groups in total. The molecule has 2 rings (SSSR count). The molecule has 1 amide bonds. The van der Waals surface area contributed by atoms with Crippen LogP contribution in [-0.2, 0) is 14.8 Å². The minimum Gasteiger partial charge on any atom is -0.473 e. The van der Waals surface area contributed by atoms with Crippen molar-refractivity contribution in [2.75, 3.05) is 26.7 Å². The third-order valence-electron chi connectivity index (χ3n) is 4.43. The molecule has 1 aromatic heterocycles. The number of hydrogen-bond acceptors (Lipinski definition) is 5. The van der Waals surface area contributed by atoms with Crippen molar-refractivity contribution in [3.8, 4) is 5.88 Å². The Kier molecular flexibility index (Phi) is 7.10. The Labute approximate surface area is 153 Å². The average Bonchev–Trinajstić information content (AvgIpc) is 2.68. The van der Waals surface area contributed by atoms with E-state index in [-0.39, 0.29) is 29.2 Å². The van der Waals surface area contributed by atoms with Crippen LogP contribution >= 0.6 is 0 Å². The summed E-state index contributed by atoms with van der Waals surface area (Å²) in [6.07, 6.45) is 3.24. The highest BCUT2D eigenvalue weighted by Crippen LogP contribution is 2.24. The number of carbonyl (C=O) groups excluding carboxylic acids is 1. The summed E-state index contributed by atoms with van der Waals surface area (Å²) < 4.78 is 44.6. The summed E-state index contributed by atoms with van der Waals surface area (Å²) in [4.78, 5) is 15.7. The van der Waals surface area contributed by atoms with E-state index >= 15 is 0 Å². The predicted molar refractivity (Wildman–Crippen MR) is 94.8 cm³/mol.